The van der Waals surface area contributed by atoms with Crippen LogP contribution < -0.4 is 9.62 Å². The molecule has 1 N–H and O–H groups in total. The highest BCUT2D eigenvalue weighted by atomic mass is 35.5. The molecule has 0 unspecified atom stereocenters. The van der Waals surface area contributed by atoms with Gasteiger partial charge in [0.2, 0.25) is 10.0 Å². The van der Waals surface area contributed by atoms with Gasteiger partial charge in [0.25, 0.3) is 0 Å². The molecule has 0 radical (unpaired) electrons. The van der Waals surface area contributed by atoms with Gasteiger partial charge in [0, 0.05) is 17.2 Å². The third-order valence-corrected chi connectivity index (χ3v) is 5.84. The van der Waals surface area contributed by atoms with E-state index in [4.69, 9.17) is 0 Å². The van der Waals surface area contributed by atoms with Gasteiger partial charge in [-0.3, -0.25) is 4.31 Å². The molecular formula is C13H21ClN2O2S2. The van der Waals surface area contributed by atoms with Crippen molar-refractivity contribution in [3.8, 4) is 0 Å². The normalized spacial score (nSPS) is 16.5. The van der Waals surface area contributed by atoms with Crippen LogP contribution in [-0.4, -0.2) is 40.1 Å². The van der Waals surface area contributed by atoms with Gasteiger partial charge in [-0.1, -0.05) is 0 Å². The summed E-state index contributed by atoms with van der Waals surface area (Å²) < 4.78 is 24.2. The Hall–Kier alpha value is -0.430. The van der Waals surface area contributed by atoms with Crippen LogP contribution in [0, 0.1) is 0 Å². The van der Waals surface area contributed by atoms with Crippen LogP contribution in [0.25, 0.3) is 0 Å². The van der Waals surface area contributed by atoms with Crippen molar-refractivity contribution in [2.75, 3.05) is 30.7 Å². The Bertz CT molecular complexity index is 514. The van der Waals surface area contributed by atoms with E-state index in [1.165, 1.54) is 28.3 Å². The molecule has 1 aliphatic heterocycles. The Morgan fingerprint density at radius 3 is 2.25 bits per heavy atom. The summed E-state index contributed by atoms with van der Waals surface area (Å²) in [5.41, 5.74) is 0.706. The van der Waals surface area contributed by atoms with Crippen molar-refractivity contribution in [3.05, 3.63) is 24.3 Å². The lowest BCUT2D eigenvalue weighted by Gasteiger charge is -2.22. The number of sulfonamides is 1. The molecule has 0 saturated carbocycles. The Kier molecular flexibility index (Phi) is 6.64. The van der Waals surface area contributed by atoms with E-state index >= 15 is 0 Å². The molecule has 1 heterocycles. The molecule has 1 aromatic carbocycles. The molecule has 0 aromatic heterocycles. The third-order valence-electron chi connectivity index (χ3n) is 3.29. The van der Waals surface area contributed by atoms with E-state index in [0.717, 1.165) is 13.1 Å². The van der Waals surface area contributed by atoms with Crippen LogP contribution in [0.5, 0.6) is 0 Å². The zero-order chi connectivity index (χ0) is 13.9. The number of hydrogen-bond donors (Lipinski definition) is 1. The maximum Gasteiger partial charge on any atom is 0.231 e. The number of rotatable bonds is 4. The minimum atomic E-state index is -3.18. The Balaban J connectivity index is 0.00000200. The van der Waals surface area contributed by atoms with Crippen molar-refractivity contribution in [3.63, 3.8) is 0 Å². The van der Waals surface area contributed by atoms with Crippen molar-refractivity contribution in [2.24, 2.45) is 0 Å². The molecule has 20 heavy (non-hydrogen) atoms. The van der Waals surface area contributed by atoms with Crippen molar-refractivity contribution in [1.29, 1.82) is 0 Å². The molecule has 1 aromatic rings. The van der Waals surface area contributed by atoms with Crippen molar-refractivity contribution in [2.45, 2.75) is 23.0 Å². The quantitative estimate of drug-likeness (QED) is 0.917. The summed E-state index contributed by atoms with van der Waals surface area (Å²) in [6, 6.07) is 7.74. The van der Waals surface area contributed by atoms with Crippen LogP contribution in [0.4, 0.5) is 5.69 Å². The molecule has 0 bridgehead atoms. The molecule has 1 aliphatic rings. The van der Waals surface area contributed by atoms with E-state index in [1.54, 1.807) is 7.05 Å². The topological polar surface area (TPSA) is 49.4 Å². The first kappa shape index (κ1) is 17.6. The average Bonchev–Trinajstić information content (AvgIpc) is 2.39. The first-order chi connectivity index (χ1) is 8.97. The average molecular weight is 337 g/mol. The van der Waals surface area contributed by atoms with Gasteiger partial charge < -0.3 is 5.32 Å². The van der Waals surface area contributed by atoms with Gasteiger partial charge in [0.1, 0.15) is 0 Å². The standard InChI is InChI=1S/C13H20N2O2S2.ClH/c1-15(19(2,16)17)11-3-5-12(6-4-11)18-13-7-9-14-10-8-13;/h3-6,13-14H,7-10H2,1-2H3;1H. The summed E-state index contributed by atoms with van der Waals surface area (Å²) in [5.74, 6) is 0. The van der Waals surface area contributed by atoms with Gasteiger partial charge in [-0.2, -0.15) is 0 Å². The fraction of sp³-hybridized carbons (Fsp3) is 0.538. The zero-order valence-corrected chi connectivity index (χ0v) is 14.2. The highest BCUT2D eigenvalue weighted by Crippen LogP contribution is 2.30. The van der Waals surface area contributed by atoms with Gasteiger partial charge in [-0.25, -0.2) is 8.42 Å². The number of thioether (sulfide) groups is 1. The fourth-order valence-corrected chi connectivity index (χ4v) is 3.69. The summed E-state index contributed by atoms with van der Waals surface area (Å²) in [4.78, 5) is 1.21. The van der Waals surface area contributed by atoms with Crippen molar-refractivity contribution < 1.29 is 8.42 Å². The maximum absolute atomic E-state index is 11.4. The molecule has 0 spiro atoms. The summed E-state index contributed by atoms with van der Waals surface area (Å²) in [6.07, 6.45) is 3.59. The number of benzene rings is 1. The van der Waals surface area contributed by atoms with E-state index in [0.29, 0.717) is 10.9 Å². The second-order valence-corrected chi connectivity index (χ2v) is 8.18. The Morgan fingerprint density at radius 2 is 1.75 bits per heavy atom. The molecular weight excluding hydrogens is 316 g/mol. The number of nitrogens with one attached hydrogen (secondary N) is 1. The summed E-state index contributed by atoms with van der Waals surface area (Å²) in [6.45, 7) is 2.18. The lowest BCUT2D eigenvalue weighted by Crippen LogP contribution is -2.29. The number of nitrogens with zero attached hydrogens (tertiary/aromatic N) is 1. The SMILES string of the molecule is CN(c1ccc(SC2CCNCC2)cc1)S(C)(=O)=O.Cl. The monoisotopic (exact) mass is 336 g/mol. The first-order valence-corrected chi connectivity index (χ1v) is 9.11. The van der Waals surface area contributed by atoms with E-state index in [-0.39, 0.29) is 12.4 Å². The second kappa shape index (κ2) is 7.54. The molecule has 0 aliphatic carbocycles. The second-order valence-electron chi connectivity index (χ2n) is 4.79. The molecule has 7 heteroatoms. The first-order valence-electron chi connectivity index (χ1n) is 6.38. The van der Waals surface area contributed by atoms with Crippen LogP contribution in [0.15, 0.2) is 29.2 Å². The molecule has 4 nitrogen and oxygen atoms in total. The van der Waals surface area contributed by atoms with Crippen molar-refractivity contribution in [1.82, 2.24) is 5.32 Å². The zero-order valence-electron chi connectivity index (χ0n) is 11.7. The number of piperidine rings is 1. The van der Waals surface area contributed by atoms with Crippen molar-refractivity contribution >= 4 is 39.9 Å². The third kappa shape index (κ3) is 4.84. The number of halogens is 1. The van der Waals surface area contributed by atoms with Gasteiger partial charge in [-0.05, 0) is 50.2 Å². The molecule has 2 rings (SSSR count). The fourth-order valence-electron chi connectivity index (χ4n) is 2.03. The van der Waals surface area contributed by atoms with Gasteiger partial charge in [0.15, 0.2) is 0 Å². The highest BCUT2D eigenvalue weighted by Gasteiger charge is 2.15. The van der Waals surface area contributed by atoms with Crippen LogP contribution in [0.1, 0.15) is 12.8 Å². The molecule has 0 atom stereocenters. The van der Waals surface area contributed by atoms with Crippen LogP contribution in [-0.2, 0) is 10.0 Å². The highest BCUT2D eigenvalue weighted by molar-refractivity contribution is 8.00. The van der Waals surface area contributed by atoms with E-state index in [1.807, 2.05) is 36.0 Å². The number of anilines is 1. The van der Waals surface area contributed by atoms with Crippen LogP contribution in [0.2, 0.25) is 0 Å². The molecule has 114 valence electrons. The number of hydrogen-bond acceptors (Lipinski definition) is 4. The maximum atomic E-state index is 11.4. The predicted octanol–water partition coefficient (Wildman–Crippen LogP) is 2.35. The molecule has 1 fully saturated rings. The van der Waals surface area contributed by atoms with E-state index in [2.05, 4.69) is 5.32 Å². The van der Waals surface area contributed by atoms with Crippen LogP contribution in [0.3, 0.4) is 0 Å². The van der Waals surface area contributed by atoms with E-state index in [9.17, 15) is 8.42 Å². The minimum absolute atomic E-state index is 0. The Labute approximate surface area is 131 Å². The summed E-state index contributed by atoms with van der Waals surface area (Å²) >= 11 is 1.88. The van der Waals surface area contributed by atoms with Crippen LogP contribution >= 0.6 is 24.2 Å². The van der Waals surface area contributed by atoms with Gasteiger partial charge >= 0.3 is 0 Å². The Morgan fingerprint density at radius 1 is 1.20 bits per heavy atom. The lowest BCUT2D eigenvalue weighted by atomic mass is 10.2. The largest absolute Gasteiger partial charge is 0.317 e. The summed E-state index contributed by atoms with van der Waals surface area (Å²) in [7, 11) is -1.60. The van der Waals surface area contributed by atoms with Gasteiger partial charge in [0.05, 0.1) is 11.9 Å². The smallest absolute Gasteiger partial charge is 0.231 e. The predicted molar refractivity (Wildman–Crippen MR) is 88.7 cm³/mol. The lowest BCUT2D eigenvalue weighted by molar-refractivity contribution is 0.531. The minimum Gasteiger partial charge on any atom is -0.317 e. The summed E-state index contributed by atoms with van der Waals surface area (Å²) in [5, 5.41) is 4.02. The molecule has 1 saturated heterocycles. The molecule has 0 amide bonds. The van der Waals surface area contributed by atoms with Gasteiger partial charge in [-0.15, -0.1) is 24.2 Å². The van der Waals surface area contributed by atoms with E-state index < -0.39 is 10.0 Å².